The number of anilines is 1. The highest BCUT2D eigenvalue weighted by molar-refractivity contribution is 7.90. The van der Waals surface area contributed by atoms with E-state index in [9.17, 15) is 26.4 Å². The fourth-order valence-electron chi connectivity index (χ4n) is 2.77. The van der Waals surface area contributed by atoms with Crippen molar-refractivity contribution in [3.63, 3.8) is 0 Å². The molecule has 0 aliphatic carbocycles. The van der Waals surface area contributed by atoms with Crippen LogP contribution in [-0.4, -0.2) is 46.4 Å². The van der Waals surface area contributed by atoms with Gasteiger partial charge in [0.15, 0.2) is 9.84 Å². The minimum absolute atomic E-state index is 0.154. The Hall–Kier alpha value is -1.77. The van der Waals surface area contributed by atoms with Crippen molar-refractivity contribution in [2.45, 2.75) is 23.9 Å². The van der Waals surface area contributed by atoms with E-state index in [2.05, 4.69) is 0 Å². The van der Waals surface area contributed by atoms with Gasteiger partial charge in [-0.15, -0.1) is 0 Å². The van der Waals surface area contributed by atoms with Crippen LogP contribution in [-0.2, 0) is 14.6 Å². The number of hydrogen-bond acceptors (Lipinski definition) is 4. The molecule has 1 amide bonds. The van der Waals surface area contributed by atoms with E-state index in [4.69, 9.17) is 0 Å². The molecular weight excluding hydrogens is 345 g/mol. The third-order valence-corrected chi connectivity index (χ3v) is 5.00. The highest BCUT2D eigenvalue weighted by Gasteiger charge is 2.32. The van der Waals surface area contributed by atoms with Crippen LogP contribution in [0, 0.1) is 5.92 Å². The molecule has 1 N–H and O–H groups in total. The Bertz CT molecular complexity index is 704. The van der Waals surface area contributed by atoms with Gasteiger partial charge in [0, 0.05) is 19.3 Å². The van der Waals surface area contributed by atoms with Crippen molar-refractivity contribution in [2.75, 3.05) is 30.8 Å². The summed E-state index contributed by atoms with van der Waals surface area (Å²) in [6.07, 6.45) is -2.28. The lowest BCUT2D eigenvalue weighted by Crippen LogP contribution is -2.45. The fraction of sp³-hybridized carbons (Fsp3) is 0.533. The van der Waals surface area contributed by atoms with E-state index < -0.39 is 34.4 Å². The first-order valence-corrected chi connectivity index (χ1v) is 9.35. The van der Waals surface area contributed by atoms with E-state index in [-0.39, 0.29) is 11.4 Å². The van der Waals surface area contributed by atoms with Crippen molar-refractivity contribution in [3.05, 3.63) is 24.3 Å². The van der Waals surface area contributed by atoms with Crippen molar-refractivity contribution >= 4 is 21.4 Å². The molecule has 2 rings (SSSR count). The molecule has 1 aromatic carbocycles. The topological polar surface area (TPSA) is 66.5 Å². The molecule has 0 bridgehead atoms. The van der Waals surface area contributed by atoms with Crippen LogP contribution in [0.2, 0.25) is 0 Å². The van der Waals surface area contributed by atoms with Crippen LogP contribution < -0.4 is 10.2 Å². The van der Waals surface area contributed by atoms with E-state index in [1.165, 1.54) is 6.07 Å². The number of hydrogen-bond donors (Lipinski definition) is 1. The molecule has 1 unspecified atom stereocenters. The smallest absolute Gasteiger partial charge is 0.370 e. The summed E-state index contributed by atoms with van der Waals surface area (Å²) in [7, 11) is -3.44. The summed E-state index contributed by atoms with van der Waals surface area (Å²) in [5.41, 5.74) is 0.480. The summed E-state index contributed by atoms with van der Waals surface area (Å²) in [5.74, 6) is -1.26. The van der Waals surface area contributed by atoms with Gasteiger partial charge in [0.1, 0.15) is 6.54 Å². The first kappa shape index (κ1) is 18.6. The Kier molecular flexibility index (Phi) is 5.42. The fourth-order valence-corrected chi connectivity index (χ4v) is 3.68. The highest BCUT2D eigenvalue weighted by Crippen LogP contribution is 2.29. The Balaban J connectivity index is 2.13. The summed E-state index contributed by atoms with van der Waals surface area (Å²) in [4.78, 5) is 13.8. The summed E-state index contributed by atoms with van der Waals surface area (Å²) in [6, 6.07) is 6.43. The lowest BCUT2D eigenvalue weighted by atomic mass is 9.96. The minimum atomic E-state index is -4.45. The number of para-hydroxylation sites is 1. The molecule has 0 aromatic heterocycles. The summed E-state index contributed by atoms with van der Waals surface area (Å²) in [6.45, 7) is -0.617. The average Bonchev–Trinajstić information content (AvgIpc) is 2.51. The molecule has 0 radical (unpaired) electrons. The van der Waals surface area contributed by atoms with Crippen LogP contribution >= 0.6 is 0 Å². The number of sulfone groups is 1. The average molecular weight is 364 g/mol. The van der Waals surface area contributed by atoms with Gasteiger partial charge in [-0.1, -0.05) is 12.1 Å². The van der Waals surface area contributed by atoms with Crippen LogP contribution in [0.3, 0.4) is 0 Å². The molecule has 5 nitrogen and oxygen atoms in total. The zero-order valence-corrected chi connectivity index (χ0v) is 14.0. The maximum atomic E-state index is 12.2. The third kappa shape index (κ3) is 4.86. The van der Waals surface area contributed by atoms with E-state index in [0.29, 0.717) is 25.1 Å². The summed E-state index contributed by atoms with van der Waals surface area (Å²) in [5, 5.41) is 1.90. The molecule has 0 saturated carbocycles. The molecule has 134 valence electrons. The number of carbonyl (C=O) groups is 1. The molecule has 9 heteroatoms. The molecule has 1 atom stereocenters. The monoisotopic (exact) mass is 364 g/mol. The van der Waals surface area contributed by atoms with E-state index in [1.807, 2.05) is 5.32 Å². The minimum Gasteiger partial charge on any atom is -0.370 e. The van der Waals surface area contributed by atoms with Crippen LogP contribution in [0.5, 0.6) is 0 Å². The Labute approximate surface area is 138 Å². The van der Waals surface area contributed by atoms with Crippen molar-refractivity contribution in [2.24, 2.45) is 5.92 Å². The Morgan fingerprint density at radius 3 is 2.62 bits per heavy atom. The van der Waals surface area contributed by atoms with Gasteiger partial charge < -0.3 is 10.2 Å². The largest absolute Gasteiger partial charge is 0.405 e. The molecule has 1 aliphatic rings. The van der Waals surface area contributed by atoms with Gasteiger partial charge in [-0.05, 0) is 25.0 Å². The van der Waals surface area contributed by atoms with Gasteiger partial charge in [-0.25, -0.2) is 8.42 Å². The normalized spacial score (nSPS) is 19.2. The summed E-state index contributed by atoms with van der Waals surface area (Å²) >= 11 is 0. The molecule has 0 spiro atoms. The van der Waals surface area contributed by atoms with Gasteiger partial charge in [0.2, 0.25) is 5.91 Å². The Morgan fingerprint density at radius 2 is 2.00 bits per heavy atom. The van der Waals surface area contributed by atoms with E-state index in [1.54, 1.807) is 23.1 Å². The number of nitrogens with one attached hydrogen (secondary N) is 1. The molecule has 1 heterocycles. The lowest BCUT2D eigenvalue weighted by Gasteiger charge is -2.34. The standard InChI is InChI=1S/C15H19F3N2O3S/c1-24(22,23)13-7-3-2-6-12(13)20-8-4-5-11(9-20)14(21)19-10-15(16,17)18/h2-3,6-7,11H,4-5,8-10H2,1H3,(H,19,21). The zero-order chi connectivity index (χ0) is 18.0. The number of alkyl halides is 3. The van der Waals surface area contributed by atoms with Crippen molar-refractivity contribution in [1.29, 1.82) is 0 Å². The second kappa shape index (κ2) is 7.00. The number of piperidine rings is 1. The van der Waals surface area contributed by atoms with Crippen molar-refractivity contribution < 1.29 is 26.4 Å². The number of nitrogens with zero attached hydrogens (tertiary/aromatic N) is 1. The van der Waals surface area contributed by atoms with Crippen LogP contribution in [0.1, 0.15) is 12.8 Å². The predicted octanol–water partition coefficient (Wildman–Crippen LogP) is 1.99. The number of carbonyl (C=O) groups excluding carboxylic acids is 1. The van der Waals surface area contributed by atoms with E-state index >= 15 is 0 Å². The Morgan fingerprint density at radius 1 is 1.33 bits per heavy atom. The zero-order valence-electron chi connectivity index (χ0n) is 13.1. The first-order chi connectivity index (χ1) is 11.1. The SMILES string of the molecule is CS(=O)(=O)c1ccccc1N1CCCC(C(=O)NCC(F)(F)F)C1. The molecule has 1 aliphatic heterocycles. The first-order valence-electron chi connectivity index (χ1n) is 7.46. The highest BCUT2D eigenvalue weighted by atomic mass is 32.2. The summed E-state index contributed by atoms with van der Waals surface area (Å²) < 4.78 is 60.4. The maximum Gasteiger partial charge on any atom is 0.405 e. The number of rotatable bonds is 4. The van der Waals surface area contributed by atoms with Crippen LogP contribution in [0.15, 0.2) is 29.2 Å². The van der Waals surface area contributed by atoms with Gasteiger partial charge in [0.05, 0.1) is 16.5 Å². The maximum absolute atomic E-state index is 12.2. The molecule has 1 fully saturated rings. The van der Waals surface area contributed by atoms with E-state index in [0.717, 1.165) is 6.26 Å². The quantitative estimate of drug-likeness (QED) is 0.887. The van der Waals surface area contributed by atoms with Gasteiger partial charge in [-0.3, -0.25) is 4.79 Å². The second-order valence-corrected chi connectivity index (χ2v) is 7.84. The third-order valence-electron chi connectivity index (χ3n) is 3.86. The second-order valence-electron chi connectivity index (χ2n) is 5.86. The number of benzene rings is 1. The lowest BCUT2D eigenvalue weighted by molar-refractivity contribution is -0.140. The number of amides is 1. The molecule has 1 saturated heterocycles. The number of halogens is 3. The van der Waals surface area contributed by atoms with Crippen LogP contribution in [0.25, 0.3) is 0 Å². The van der Waals surface area contributed by atoms with Gasteiger partial charge in [-0.2, -0.15) is 13.2 Å². The van der Waals surface area contributed by atoms with Gasteiger partial charge in [0.25, 0.3) is 0 Å². The van der Waals surface area contributed by atoms with Crippen molar-refractivity contribution in [3.8, 4) is 0 Å². The van der Waals surface area contributed by atoms with Crippen molar-refractivity contribution in [1.82, 2.24) is 5.32 Å². The molecule has 1 aromatic rings. The van der Waals surface area contributed by atoms with Crippen LogP contribution in [0.4, 0.5) is 18.9 Å². The molecule has 24 heavy (non-hydrogen) atoms. The van der Waals surface area contributed by atoms with Gasteiger partial charge >= 0.3 is 6.18 Å². The predicted molar refractivity (Wildman–Crippen MR) is 83.6 cm³/mol. The molecular formula is C15H19F3N2O3S.